The van der Waals surface area contributed by atoms with Gasteiger partial charge in [-0.25, -0.2) is 13.8 Å². The van der Waals surface area contributed by atoms with Crippen LogP contribution in [0.3, 0.4) is 0 Å². The van der Waals surface area contributed by atoms with E-state index in [-0.39, 0.29) is 18.4 Å². The highest BCUT2D eigenvalue weighted by Gasteiger charge is 2.21. The smallest absolute Gasteiger partial charge is 0.243 e. The summed E-state index contributed by atoms with van der Waals surface area (Å²) in [5.41, 5.74) is 1.56. The van der Waals surface area contributed by atoms with Crippen LogP contribution in [-0.2, 0) is 9.59 Å². The molecule has 0 aliphatic heterocycles. The van der Waals surface area contributed by atoms with E-state index in [1.165, 1.54) is 29.2 Å². The maximum absolute atomic E-state index is 13.5. The van der Waals surface area contributed by atoms with E-state index in [2.05, 4.69) is 15.6 Å². The molecular weight excluding hydrogens is 454 g/mol. The van der Waals surface area contributed by atoms with Crippen molar-refractivity contribution in [3.05, 3.63) is 59.5 Å². The van der Waals surface area contributed by atoms with Crippen LogP contribution in [0.15, 0.2) is 52.7 Å². The average molecular weight is 477 g/mol. The molecule has 1 heterocycles. The van der Waals surface area contributed by atoms with E-state index in [0.29, 0.717) is 16.4 Å². The van der Waals surface area contributed by atoms with Gasteiger partial charge in [0, 0.05) is 15.8 Å². The Kier molecular flexibility index (Phi) is 7.94. The van der Waals surface area contributed by atoms with Crippen molar-refractivity contribution in [1.29, 1.82) is 0 Å². The Labute approximate surface area is 193 Å². The van der Waals surface area contributed by atoms with Gasteiger partial charge in [-0.15, -0.1) is 23.1 Å². The normalized spacial score (nSPS) is 11.9. The zero-order chi connectivity index (χ0) is 23.3. The predicted octanol–water partition coefficient (Wildman–Crippen LogP) is 4.71. The summed E-state index contributed by atoms with van der Waals surface area (Å²) in [4.78, 5) is 31.9. The third kappa shape index (κ3) is 5.90. The van der Waals surface area contributed by atoms with Crippen molar-refractivity contribution in [3.8, 4) is 11.3 Å². The molecule has 0 spiro atoms. The number of thiazole rings is 1. The molecule has 32 heavy (non-hydrogen) atoms. The fourth-order valence-electron chi connectivity index (χ4n) is 2.83. The van der Waals surface area contributed by atoms with Crippen molar-refractivity contribution in [2.24, 2.45) is 0 Å². The summed E-state index contributed by atoms with van der Waals surface area (Å²) in [5.74, 6) is -2.47. The lowest BCUT2D eigenvalue weighted by atomic mass is 10.2. The van der Waals surface area contributed by atoms with Gasteiger partial charge >= 0.3 is 0 Å². The Morgan fingerprint density at radius 2 is 1.91 bits per heavy atom. The van der Waals surface area contributed by atoms with E-state index in [1.807, 2.05) is 30.5 Å². The second-order valence-electron chi connectivity index (χ2n) is 7.00. The number of benzene rings is 2. The molecule has 3 rings (SSSR count). The molecule has 0 aliphatic carbocycles. The number of rotatable bonds is 8. The molecule has 2 aromatic carbocycles. The maximum atomic E-state index is 13.5. The fourth-order valence-corrected chi connectivity index (χ4v) is 4.11. The Morgan fingerprint density at radius 3 is 2.62 bits per heavy atom. The lowest BCUT2D eigenvalue weighted by Crippen LogP contribution is -2.43. The van der Waals surface area contributed by atoms with E-state index in [9.17, 15) is 18.4 Å². The van der Waals surface area contributed by atoms with Gasteiger partial charge in [0.1, 0.15) is 0 Å². The molecule has 0 fully saturated rings. The van der Waals surface area contributed by atoms with Crippen molar-refractivity contribution >= 4 is 45.7 Å². The van der Waals surface area contributed by atoms with Crippen LogP contribution in [0.4, 0.5) is 19.6 Å². The summed E-state index contributed by atoms with van der Waals surface area (Å²) in [6, 6.07) is 10.4. The van der Waals surface area contributed by atoms with Crippen LogP contribution < -0.4 is 10.6 Å². The minimum absolute atomic E-state index is 0.0231. The molecule has 0 aliphatic rings. The first-order chi connectivity index (χ1) is 15.3. The van der Waals surface area contributed by atoms with Crippen LogP contribution in [-0.4, -0.2) is 47.6 Å². The van der Waals surface area contributed by atoms with Gasteiger partial charge in [-0.05, 0) is 50.6 Å². The van der Waals surface area contributed by atoms with Gasteiger partial charge in [-0.2, -0.15) is 0 Å². The number of carbonyl (C=O) groups excluding carboxylic acids is 2. The highest BCUT2D eigenvalue weighted by atomic mass is 32.2. The number of nitrogens with zero attached hydrogens (tertiary/aromatic N) is 2. The molecule has 168 valence electrons. The molecule has 2 amide bonds. The van der Waals surface area contributed by atoms with E-state index >= 15 is 0 Å². The second-order valence-corrected chi connectivity index (χ2v) is 8.70. The summed E-state index contributed by atoms with van der Waals surface area (Å²) in [7, 11) is 1.68. The lowest BCUT2D eigenvalue weighted by Gasteiger charge is -2.23. The zero-order valence-electron chi connectivity index (χ0n) is 17.7. The van der Waals surface area contributed by atoms with Crippen LogP contribution in [0, 0.1) is 11.6 Å². The summed E-state index contributed by atoms with van der Waals surface area (Å²) < 4.78 is 26.6. The first kappa shape index (κ1) is 23.8. The van der Waals surface area contributed by atoms with Crippen LogP contribution in [0.2, 0.25) is 0 Å². The Hall–Kier alpha value is -2.82. The minimum atomic E-state index is -0.963. The van der Waals surface area contributed by atoms with Gasteiger partial charge < -0.3 is 10.6 Å². The van der Waals surface area contributed by atoms with Crippen molar-refractivity contribution in [3.63, 3.8) is 0 Å². The highest BCUT2D eigenvalue weighted by Crippen LogP contribution is 2.27. The summed E-state index contributed by atoms with van der Waals surface area (Å²) in [6.07, 6.45) is 1.93. The molecule has 1 aromatic heterocycles. The summed E-state index contributed by atoms with van der Waals surface area (Å²) in [6.45, 7) is 1.71. The van der Waals surface area contributed by atoms with Gasteiger partial charge in [0.05, 0.1) is 24.0 Å². The number of thioether (sulfide) groups is 1. The quantitative estimate of drug-likeness (QED) is 0.461. The first-order valence-electron chi connectivity index (χ1n) is 9.63. The van der Waals surface area contributed by atoms with E-state index < -0.39 is 17.7 Å². The van der Waals surface area contributed by atoms with Gasteiger partial charge in [0.15, 0.2) is 16.8 Å². The first-order valence-corrected chi connectivity index (χ1v) is 11.7. The van der Waals surface area contributed by atoms with Crippen LogP contribution in [0.25, 0.3) is 11.3 Å². The highest BCUT2D eigenvalue weighted by molar-refractivity contribution is 7.98. The third-order valence-electron chi connectivity index (χ3n) is 4.76. The standard InChI is InChI=1S/C22H22F2N4O2S2/c1-13(28(2)11-20(29)25-17-6-4-5-7-19(17)31-3)21(30)27-22-26-18(12-32-22)14-8-9-15(23)16(24)10-14/h4-10,12-13H,11H2,1-3H3,(H,25,29)(H,26,27,30). The molecule has 0 saturated heterocycles. The molecule has 0 bridgehead atoms. The Morgan fingerprint density at radius 1 is 1.16 bits per heavy atom. The van der Waals surface area contributed by atoms with Gasteiger partial charge in [0.2, 0.25) is 11.8 Å². The molecule has 2 N–H and O–H groups in total. The topological polar surface area (TPSA) is 74.3 Å². The van der Waals surface area contributed by atoms with Gasteiger partial charge in [-0.1, -0.05) is 12.1 Å². The molecule has 3 aromatic rings. The van der Waals surface area contributed by atoms with E-state index in [0.717, 1.165) is 22.7 Å². The maximum Gasteiger partial charge on any atom is 0.243 e. The van der Waals surface area contributed by atoms with Gasteiger partial charge in [-0.3, -0.25) is 14.5 Å². The number of carbonyl (C=O) groups is 2. The number of likely N-dealkylation sites (N-methyl/N-ethyl adjacent to an activating group) is 1. The number of nitrogens with one attached hydrogen (secondary N) is 2. The molecule has 1 unspecified atom stereocenters. The number of para-hydroxylation sites is 1. The largest absolute Gasteiger partial charge is 0.324 e. The van der Waals surface area contributed by atoms with Crippen LogP contribution in [0.5, 0.6) is 0 Å². The number of aromatic nitrogens is 1. The number of anilines is 2. The third-order valence-corrected chi connectivity index (χ3v) is 6.32. The molecule has 0 saturated carbocycles. The Bertz CT molecular complexity index is 1120. The van der Waals surface area contributed by atoms with Crippen molar-refractivity contribution in [2.75, 3.05) is 30.5 Å². The van der Waals surface area contributed by atoms with E-state index in [4.69, 9.17) is 0 Å². The fraction of sp³-hybridized carbons (Fsp3) is 0.227. The summed E-state index contributed by atoms with van der Waals surface area (Å²) in [5, 5.41) is 7.54. The average Bonchev–Trinajstić information content (AvgIpc) is 3.23. The molecule has 0 radical (unpaired) electrons. The van der Waals surface area contributed by atoms with Crippen molar-refractivity contribution in [1.82, 2.24) is 9.88 Å². The van der Waals surface area contributed by atoms with Gasteiger partial charge in [0.25, 0.3) is 0 Å². The van der Waals surface area contributed by atoms with Crippen LogP contribution in [0.1, 0.15) is 6.92 Å². The minimum Gasteiger partial charge on any atom is -0.324 e. The lowest BCUT2D eigenvalue weighted by molar-refractivity contribution is -0.122. The molecular formula is C22H22F2N4O2S2. The molecule has 1 atom stereocenters. The Balaban J connectivity index is 1.57. The van der Waals surface area contributed by atoms with Crippen LogP contribution >= 0.6 is 23.1 Å². The van der Waals surface area contributed by atoms with Crippen molar-refractivity contribution in [2.45, 2.75) is 17.9 Å². The number of amides is 2. The predicted molar refractivity (Wildman–Crippen MR) is 125 cm³/mol. The SMILES string of the molecule is CSc1ccccc1NC(=O)CN(C)C(C)C(=O)Nc1nc(-c2ccc(F)c(F)c2)cs1. The summed E-state index contributed by atoms with van der Waals surface area (Å²) >= 11 is 2.71. The zero-order valence-corrected chi connectivity index (χ0v) is 19.3. The number of hydrogen-bond donors (Lipinski definition) is 2. The molecule has 10 heteroatoms. The number of halogens is 2. The second kappa shape index (κ2) is 10.7. The monoisotopic (exact) mass is 476 g/mol. The van der Waals surface area contributed by atoms with Crippen molar-refractivity contribution < 1.29 is 18.4 Å². The molecule has 6 nitrogen and oxygen atoms in total. The van der Waals surface area contributed by atoms with E-state index in [1.54, 1.807) is 24.3 Å². The number of hydrogen-bond acceptors (Lipinski definition) is 6.